The van der Waals surface area contributed by atoms with E-state index in [1.54, 1.807) is 13.0 Å². The van der Waals surface area contributed by atoms with Crippen molar-refractivity contribution in [1.29, 1.82) is 0 Å². The Morgan fingerprint density at radius 3 is 2.74 bits per heavy atom. The van der Waals surface area contributed by atoms with Crippen LogP contribution >= 0.6 is 0 Å². The van der Waals surface area contributed by atoms with Gasteiger partial charge in [-0.1, -0.05) is 28.9 Å². The van der Waals surface area contributed by atoms with Crippen LogP contribution in [0.2, 0.25) is 0 Å². The van der Waals surface area contributed by atoms with Crippen LogP contribution in [-0.2, 0) is 4.74 Å². The van der Waals surface area contributed by atoms with E-state index >= 15 is 0 Å². The second kappa shape index (κ2) is 6.16. The van der Waals surface area contributed by atoms with Gasteiger partial charge in [0.1, 0.15) is 11.9 Å². The summed E-state index contributed by atoms with van der Waals surface area (Å²) < 4.78 is 11.0. The molecule has 3 rings (SSSR count). The number of carbonyl (C=O) groups excluding carboxylic acids is 1. The molecule has 0 aliphatic carbocycles. The zero-order chi connectivity index (χ0) is 16.6. The van der Waals surface area contributed by atoms with Crippen molar-refractivity contribution in [2.75, 3.05) is 13.2 Å². The lowest BCUT2D eigenvalue weighted by atomic mass is 9.98. The molecule has 2 atom stereocenters. The standard InChI is InChI=1S/C18H22N2O3/c1-11-5-6-12(2)15(7-11)17-9-20(13(3)10-22-17)18(21)16-8-14(4)23-19-16/h5-8,13,17H,9-10H2,1-4H3. The molecule has 1 aromatic heterocycles. The van der Waals surface area contributed by atoms with Crippen molar-refractivity contribution >= 4 is 5.91 Å². The molecule has 2 heterocycles. The number of benzene rings is 1. The van der Waals surface area contributed by atoms with Crippen LogP contribution in [0.4, 0.5) is 0 Å². The largest absolute Gasteiger partial charge is 0.370 e. The maximum Gasteiger partial charge on any atom is 0.276 e. The van der Waals surface area contributed by atoms with Gasteiger partial charge in [-0.05, 0) is 38.8 Å². The summed E-state index contributed by atoms with van der Waals surface area (Å²) >= 11 is 0. The van der Waals surface area contributed by atoms with Crippen LogP contribution in [0, 0.1) is 20.8 Å². The van der Waals surface area contributed by atoms with Crippen molar-refractivity contribution in [3.63, 3.8) is 0 Å². The Morgan fingerprint density at radius 1 is 1.26 bits per heavy atom. The molecule has 1 amide bonds. The van der Waals surface area contributed by atoms with Crippen LogP contribution in [0.3, 0.4) is 0 Å². The third kappa shape index (κ3) is 3.15. The molecule has 0 saturated carbocycles. The van der Waals surface area contributed by atoms with Crippen molar-refractivity contribution in [3.8, 4) is 0 Å². The lowest BCUT2D eigenvalue weighted by molar-refractivity contribution is -0.0492. The fourth-order valence-electron chi connectivity index (χ4n) is 2.95. The smallest absolute Gasteiger partial charge is 0.276 e. The quantitative estimate of drug-likeness (QED) is 0.854. The van der Waals surface area contributed by atoms with Crippen LogP contribution in [0.5, 0.6) is 0 Å². The third-order valence-corrected chi connectivity index (χ3v) is 4.32. The van der Waals surface area contributed by atoms with Gasteiger partial charge in [-0.2, -0.15) is 0 Å². The van der Waals surface area contributed by atoms with E-state index < -0.39 is 0 Å². The average molecular weight is 314 g/mol. The lowest BCUT2D eigenvalue weighted by Crippen LogP contribution is -2.48. The zero-order valence-corrected chi connectivity index (χ0v) is 14.0. The molecule has 1 saturated heterocycles. The Hall–Kier alpha value is -2.14. The van der Waals surface area contributed by atoms with E-state index in [0.717, 1.165) is 5.56 Å². The average Bonchev–Trinajstić information content (AvgIpc) is 2.96. The first-order valence-corrected chi connectivity index (χ1v) is 7.88. The normalized spacial score (nSPS) is 21.5. The minimum atomic E-state index is -0.108. The number of morpholine rings is 1. The Balaban J connectivity index is 1.84. The van der Waals surface area contributed by atoms with E-state index in [4.69, 9.17) is 9.26 Å². The Bertz CT molecular complexity index is 723. The monoisotopic (exact) mass is 314 g/mol. The number of nitrogens with zero attached hydrogens (tertiary/aromatic N) is 2. The highest BCUT2D eigenvalue weighted by Crippen LogP contribution is 2.28. The fourth-order valence-corrected chi connectivity index (χ4v) is 2.95. The maximum atomic E-state index is 12.7. The van der Waals surface area contributed by atoms with Gasteiger partial charge < -0.3 is 14.2 Å². The third-order valence-electron chi connectivity index (χ3n) is 4.32. The van der Waals surface area contributed by atoms with Crippen molar-refractivity contribution in [3.05, 3.63) is 52.4 Å². The van der Waals surface area contributed by atoms with Crippen molar-refractivity contribution in [1.82, 2.24) is 10.1 Å². The summed E-state index contributed by atoms with van der Waals surface area (Å²) in [5.74, 6) is 0.535. The van der Waals surface area contributed by atoms with Crippen LogP contribution in [0.25, 0.3) is 0 Å². The summed E-state index contributed by atoms with van der Waals surface area (Å²) in [6, 6.07) is 8.02. The van der Waals surface area contributed by atoms with E-state index in [1.165, 1.54) is 11.1 Å². The zero-order valence-electron chi connectivity index (χ0n) is 14.0. The summed E-state index contributed by atoms with van der Waals surface area (Å²) in [4.78, 5) is 14.5. The maximum absolute atomic E-state index is 12.7. The van der Waals surface area contributed by atoms with E-state index in [1.807, 2.05) is 11.8 Å². The highest BCUT2D eigenvalue weighted by Gasteiger charge is 2.32. The molecular formula is C18H22N2O3. The van der Waals surface area contributed by atoms with Gasteiger partial charge in [0.25, 0.3) is 5.91 Å². The first kappa shape index (κ1) is 15.7. The highest BCUT2D eigenvalue weighted by molar-refractivity contribution is 5.92. The number of hydrogen-bond acceptors (Lipinski definition) is 4. The van der Waals surface area contributed by atoms with Crippen LogP contribution < -0.4 is 0 Å². The number of hydrogen-bond donors (Lipinski definition) is 0. The molecule has 1 fully saturated rings. The summed E-state index contributed by atoms with van der Waals surface area (Å²) in [7, 11) is 0. The first-order chi connectivity index (χ1) is 11.0. The number of carbonyl (C=O) groups is 1. The summed E-state index contributed by atoms with van der Waals surface area (Å²) in [6.45, 7) is 8.95. The first-order valence-electron chi connectivity index (χ1n) is 7.88. The van der Waals surface area contributed by atoms with Gasteiger partial charge in [-0.3, -0.25) is 4.79 Å². The predicted octanol–water partition coefficient (Wildman–Crippen LogP) is 3.20. The van der Waals surface area contributed by atoms with Gasteiger partial charge >= 0.3 is 0 Å². The number of ether oxygens (including phenoxy) is 1. The SMILES string of the molecule is Cc1ccc(C)c(C2CN(C(=O)c3cc(C)on3)C(C)CO2)c1. The molecule has 2 unspecified atom stereocenters. The second-order valence-electron chi connectivity index (χ2n) is 6.31. The Morgan fingerprint density at radius 2 is 2.04 bits per heavy atom. The molecule has 0 N–H and O–H groups in total. The molecule has 1 aromatic carbocycles. The fraction of sp³-hybridized carbons (Fsp3) is 0.444. The topological polar surface area (TPSA) is 55.6 Å². The minimum Gasteiger partial charge on any atom is -0.370 e. The second-order valence-corrected chi connectivity index (χ2v) is 6.31. The molecule has 2 aromatic rings. The number of aryl methyl sites for hydroxylation is 3. The van der Waals surface area contributed by atoms with E-state index in [2.05, 4.69) is 37.2 Å². The van der Waals surface area contributed by atoms with Crippen molar-refractivity contribution < 1.29 is 14.1 Å². The molecule has 0 bridgehead atoms. The molecule has 5 heteroatoms. The van der Waals surface area contributed by atoms with Gasteiger partial charge in [-0.25, -0.2) is 0 Å². The number of aromatic nitrogens is 1. The Labute approximate surface area is 136 Å². The molecule has 122 valence electrons. The molecule has 1 aliphatic heterocycles. The summed E-state index contributed by atoms with van der Waals surface area (Å²) in [5.41, 5.74) is 3.87. The van der Waals surface area contributed by atoms with Gasteiger partial charge in [0, 0.05) is 6.07 Å². The molecule has 1 aliphatic rings. The van der Waals surface area contributed by atoms with Crippen LogP contribution in [0.15, 0.2) is 28.8 Å². The molecule has 23 heavy (non-hydrogen) atoms. The van der Waals surface area contributed by atoms with E-state index in [9.17, 15) is 4.79 Å². The molecule has 0 spiro atoms. The van der Waals surface area contributed by atoms with Crippen molar-refractivity contribution in [2.45, 2.75) is 39.8 Å². The van der Waals surface area contributed by atoms with Crippen molar-refractivity contribution in [2.24, 2.45) is 0 Å². The van der Waals surface area contributed by atoms with Gasteiger partial charge in [0.15, 0.2) is 5.69 Å². The molecular weight excluding hydrogens is 292 g/mol. The van der Waals surface area contributed by atoms with E-state index in [0.29, 0.717) is 24.6 Å². The Kier molecular flexibility index (Phi) is 4.22. The van der Waals surface area contributed by atoms with Crippen LogP contribution in [-0.4, -0.2) is 35.2 Å². The number of rotatable bonds is 2. The minimum absolute atomic E-state index is 0.0147. The van der Waals surface area contributed by atoms with Gasteiger partial charge in [0.2, 0.25) is 0 Å². The van der Waals surface area contributed by atoms with E-state index in [-0.39, 0.29) is 18.1 Å². The number of amides is 1. The van der Waals surface area contributed by atoms with Gasteiger partial charge in [-0.15, -0.1) is 0 Å². The van der Waals surface area contributed by atoms with Gasteiger partial charge in [0.05, 0.1) is 19.2 Å². The lowest BCUT2D eigenvalue weighted by Gasteiger charge is -2.38. The summed E-state index contributed by atoms with van der Waals surface area (Å²) in [5, 5.41) is 3.85. The van der Waals surface area contributed by atoms with Crippen LogP contribution in [0.1, 0.15) is 46.0 Å². The predicted molar refractivity (Wildman–Crippen MR) is 86.3 cm³/mol. The molecule has 5 nitrogen and oxygen atoms in total. The molecule has 0 radical (unpaired) electrons. The summed E-state index contributed by atoms with van der Waals surface area (Å²) in [6.07, 6.45) is -0.108. The highest BCUT2D eigenvalue weighted by atomic mass is 16.5.